The zero-order valence-electron chi connectivity index (χ0n) is 24.1. The number of hydrogen-bond donors (Lipinski definition) is 3. The van der Waals surface area contributed by atoms with Gasteiger partial charge in [0.25, 0.3) is 0 Å². The minimum Gasteiger partial charge on any atom is -0.466 e. The monoisotopic (exact) mass is 558 g/mol. The Bertz CT molecular complexity index is 1240. The molecule has 1 unspecified atom stereocenters. The molecule has 10 atom stereocenters. The molecular weight excluding hydrogens is 516 g/mol. The van der Waals surface area contributed by atoms with E-state index in [2.05, 4.69) is 0 Å². The molecule has 40 heavy (non-hydrogen) atoms. The number of hydrogen-bond acceptors (Lipinski definition) is 9. The molecule has 0 bridgehead atoms. The lowest BCUT2D eigenvalue weighted by molar-refractivity contribution is -0.291. The van der Waals surface area contributed by atoms with Gasteiger partial charge in [-0.05, 0) is 90.6 Å². The molecule has 3 N–H and O–H groups in total. The van der Waals surface area contributed by atoms with Gasteiger partial charge in [-0.3, -0.25) is 9.59 Å². The molecule has 0 radical (unpaired) electrons. The molecule has 220 valence electrons. The Hall–Kier alpha value is -2.07. The Morgan fingerprint density at radius 3 is 2.58 bits per heavy atom. The number of ketones is 1. The van der Waals surface area contributed by atoms with Crippen molar-refractivity contribution in [1.29, 1.82) is 0 Å². The second kappa shape index (κ2) is 8.49. The van der Waals surface area contributed by atoms with Gasteiger partial charge >= 0.3 is 11.9 Å². The van der Waals surface area contributed by atoms with Crippen LogP contribution in [-0.4, -0.2) is 74.3 Å². The van der Waals surface area contributed by atoms with Gasteiger partial charge in [0.1, 0.15) is 22.9 Å². The third kappa shape index (κ3) is 3.15. The smallest absolute Gasteiger partial charge is 0.334 e. The molecule has 0 aromatic heterocycles. The third-order valence-electron chi connectivity index (χ3n) is 12.6. The first kappa shape index (κ1) is 28.1. The molecule has 4 fully saturated rings. The maximum Gasteiger partial charge on any atom is 0.334 e. The average Bonchev–Trinajstić information content (AvgIpc) is 3.54. The number of rotatable bonds is 5. The van der Waals surface area contributed by atoms with E-state index in [1.807, 2.05) is 19.9 Å². The van der Waals surface area contributed by atoms with Crippen molar-refractivity contribution in [3.63, 3.8) is 0 Å². The topological polar surface area (TPSA) is 143 Å². The van der Waals surface area contributed by atoms with Crippen molar-refractivity contribution < 1.29 is 43.9 Å². The van der Waals surface area contributed by atoms with Crippen molar-refractivity contribution in [3.8, 4) is 0 Å². The van der Waals surface area contributed by atoms with E-state index in [4.69, 9.17) is 14.2 Å². The van der Waals surface area contributed by atoms with Crippen LogP contribution in [-0.2, 0) is 28.6 Å². The summed E-state index contributed by atoms with van der Waals surface area (Å²) in [5, 5.41) is 37.8. The van der Waals surface area contributed by atoms with Crippen LogP contribution in [0.2, 0.25) is 0 Å². The molecule has 2 heterocycles. The molecule has 1 spiro atoms. The summed E-state index contributed by atoms with van der Waals surface area (Å²) in [4.78, 5) is 37.9. The number of esters is 2. The van der Waals surface area contributed by atoms with Crippen LogP contribution in [0, 0.1) is 22.7 Å². The highest BCUT2D eigenvalue weighted by atomic mass is 16.6. The molecule has 0 amide bonds. The standard InChI is InChI=1S/C31H42O9/c1-17-15-23(39-25(34)18(17)2)27(5,35)31(37)12-11-29(36)21-16-24-30(40-24)9-6-7-22(33)26(30,4)20(21)8-10-28(29,31)13-14-38-19(3)32/h6-7,20-21,23-24,35-37H,8-16H2,1-5H3/t20-,21+,23+,24+,26-,27?,28+,29+,30+,31+/m0/s1. The highest BCUT2D eigenvalue weighted by molar-refractivity contribution is 5.97. The van der Waals surface area contributed by atoms with Crippen molar-refractivity contribution >= 4 is 17.7 Å². The zero-order chi connectivity index (χ0) is 29.1. The summed E-state index contributed by atoms with van der Waals surface area (Å²) >= 11 is 0. The number of epoxide rings is 1. The quantitative estimate of drug-likeness (QED) is 0.343. The van der Waals surface area contributed by atoms with Gasteiger partial charge in [0.2, 0.25) is 0 Å². The first-order valence-corrected chi connectivity index (χ1v) is 14.7. The van der Waals surface area contributed by atoms with E-state index in [1.165, 1.54) is 13.8 Å². The summed E-state index contributed by atoms with van der Waals surface area (Å²) in [6.07, 6.45) is 5.02. The van der Waals surface area contributed by atoms with Crippen LogP contribution in [0.25, 0.3) is 0 Å². The van der Waals surface area contributed by atoms with Crippen LogP contribution >= 0.6 is 0 Å². The van der Waals surface area contributed by atoms with Crippen LogP contribution in [0.3, 0.4) is 0 Å². The van der Waals surface area contributed by atoms with E-state index in [0.717, 1.165) is 5.57 Å². The van der Waals surface area contributed by atoms with Crippen LogP contribution in [0.4, 0.5) is 0 Å². The van der Waals surface area contributed by atoms with E-state index in [0.29, 0.717) is 31.3 Å². The fourth-order valence-corrected chi connectivity index (χ4v) is 10.0. The van der Waals surface area contributed by atoms with Gasteiger partial charge in [0.05, 0.1) is 23.7 Å². The summed E-state index contributed by atoms with van der Waals surface area (Å²) in [5.74, 6) is -1.54. The summed E-state index contributed by atoms with van der Waals surface area (Å²) < 4.78 is 17.3. The van der Waals surface area contributed by atoms with Crippen molar-refractivity contribution in [2.24, 2.45) is 22.7 Å². The normalized spacial score (nSPS) is 48.8. The lowest BCUT2D eigenvalue weighted by Gasteiger charge is -2.64. The van der Waals surface area contributed by atoms with E-state index in [1.54, 1.807) is 13.0 Å². The third-order valence-corrected chi connectivity index (χ3v) is 12.6. The van der Waals surface area contributed by atoms with Crippen LogP contribution in [0.5, 0.6) is 0 Å². The molecule has 9 heteroatoms. The number of carbonyl (C=O) groups is 3. The first-order chi connectivity index (χ1) is 18.6. The van der Waals surface area contributed by atoms with Gasteiger partial charge in [-0.2, -0.15) is 0 Å². The number of carbonyl (C=O) groups excluding carboxylic acids is 3. The van der Waals surface area contributed by atoms with Gasteiger partial charge < -0.3 is 29.5 Å². The van der Waals surface area contributed by atoms with Crippen molar-refractivity contribution in [2.45, 2.75) is 121 Å². The molecule has 3 saturated carbocycles. The molecule has 2 aliphatic heterocycles. The van der Waals surface area contributed by atoms with Gasteiger partial charge in [0.15, 0.2) is 5.78 Å². The van der Waals surface area contributed by atoms with Crippen LogP contribution < -0.4 is 0 Å². The predicted octanol–water partition coefficient (Wildman–Crippen LogP) is 2.69. The Kier molecular flexibility index (Phi) is 5.96. The zero-order valence-corrected chi connectivity index (χ0v) is 24.1. The molecule has 0 aromatic rings. The molecular formula is C31H42O9. The fraction of sp³-hybridized carbons (Fsp3) is 0.774. The first-order valence-electron chi connectivity index (χ1n) is 14.7. The molecule has 1 saturated heterocycles. The molecule has 0 aromatic carbocycles. The van der Waals surface area contributed by atoms with Crippen LogP contribution in [0.1, 0.15) is 86.0 Å². The Morgan fingerprint density at radius 2 is 1.90 bits per heavy atom. The number of cyclic esters (lactones) is 1. The van der Waals surface area contributed by atoms with E-state index in [-0.39, 0.29) is 56.0 Å². The molecule has 4 aliphatic carbocycles. The fourth-order valence-electron chi connectivity index (χ4n) is 10.0. The minimum absolute atomic E-state index is 0.0129. The maximum atomic E-state index is 13.5. The molecule has 6 aliphatic rings. The Balaban J connectivity index is 1.43. The SMILES string of the molecule is CC(=O)OCC[C@]12CC[C@H]3[C@@H](C[C@H]4O[C@]45CC=CC(=O)[C@]35C)[C@]1(O)CC[C@@]2(O)C(C)(O)[C@H]1CC(C)=C(C)C(=O)O1. The van der Waals surface area contributed by atoms with Gasteiger partial charge in [-0.25, -0.2) is 4.79 Å². The summed E-state index contributed by atoms with van der Waals surface area (Å²) in [7, 11) is 0. The van der Waals surface area contributed by atoms with E-state index >= 15 is 0 Å². The van der Waals surface area contributed by atoms with Gasteiger partial charge in [-0.15, -0.1) is 0 Å². The van der Waals surface area contributed by atoms with Crippen LogP contribution in [0.15, 0.2) is 23.3 Å². The Morgan fingerprint density at radius 1 is 1.18 bits per heavy atom. The Labute approximate surface area is 234 Å². The number of allylic oxidation sites excluding steroid dienone is 1. The largest absolute Gasteiger partial charge is 0.466 e. The molecule has 9 nitrogen and oxygen atoms in total. The van der Waals surface area contributed by atoms with Crippen molar-refractivity contribution in [1.82, 2.24) is 0 Å². The van der Waals surface area contributed by atoms with Crippen molar-refractivity contribution in [2.75, 3.05) is 6.61 Å². The lowest BCUT2D eigenvalue weighted by Crippen LogP contribution is -2.74. The lowest BCUT2D eigenvalue weighted by atomic mass is 9.41. The van der Waals surface area contributed by atoms with Gasteiger partial charge in [-0.1, -0.05) is 11.6 Å². The van der Waals surface area contributed by atoms with E-state index in [9.17, 15) is 29.7 Å². The molecule has 6 rings (SSSR count). The minimum atomic E-state index is -1.92. The number of ether oxygens (including phenoxy) is 3. The predicted molar refractivity (Wildman–Crippen MR) is 142 cm³/mol. The second-order valence-electron chi connectivity index (χ2n) is 13.8. The van der Waals surface area contributed by atoms with Gasteiger partial charge in [0, 0.05) is 24.3 Å². The second-order valence-corrected chi connectivity index (χ2v) is 13.8. The van der Waals surface area contributed by atoms with Crippen molar-refractivity contribution in [3.05, 3.63) is 23.3 Å². The summed E-state index contributed by atoms with van der Waals surface area (Å²) in [6, 6.07) is 0. The number of aliphatic hydroxyl groups is 3. The highest BCUT2D eigenvalue weighted by Crippen LogP contribution is 2.75. The van der Waals surface area contributed by atoms with E-state index < -0.39 is 51.3 Å². The summed E-state index contributed by atoms with van der Waals surface area (Å²) in [5.41, 5.74) is -6.62. The summed E-state index contributed by atoms with van der Waals surface area (Å²) in [6.45, 7) is 8.23. The number of fused-ring (bicyclic) bond motifs is 4. The average molecular weight is 559 g/mol. The highest BCUT2D eigenvalue weighted by Gasteiger charge is 2.83. The maximum absolute atomic E-state index is 13.5.